The minimum atomic E-state index is 0.0334. The van der Waals surface area contributed by atoms with E-state index >= 15 is 0 Å². The van der Waals surface area contributed by atoms with Crippen LogP contribution >= 0.6 is 11.3 Å². The van der Waals surface area contributed by atoms with Crippen LogP contribution in [-0.4, -0.2) is 42.1 Å². The number of aryl methyl sites for hydroxylation is 2. The predicted octanol–water partition coefficient (Wildman–Crippen LogP) is 2.56. The zero-order valence-electron chi connectivity index (χ0n) is 14.2. The lowest BCUT2D eigenvalue weighted by molar-refractivity contribution is 0.0935. The number of nitrogens with zero attached hydrogens (tertiary/aromatic N) is 3. The van der Waals surface area contributed by atoms with E-state index < -0.39 is 0 Å². The lowest BCUT2D eigenvalue weighted by Gasteiger charge is -2.33. The molecule has 0 saturated carbocycles. The van der Waals surface area contributed by atoms with Crippen LogP contribution in [0.1, 0.15) is 33.1 Å². The number of piperidine rings is 1. The van der Waals surface area contributed by atoms with Gasteiger partial charge in [0.05, 0.1) is 12.0 Å². The van der Waals surface area contributed by atoms with Crippen molar-refractivity contribution >= 4 is 23.1 Å². The van der Waals surface area contributed by atoms with Crippen molar-refractivity contribution in [3.63, 3.8) is 0 Å². The summed E-state index contributed by atoms with van der Waals surface area (Å²) in [5.41, 5.74) is 0.889. The Labute approximate surface area is 145 Å². The number of ether oxygens (including phenoxy) is 1. The lowest BCUT2D eigenvalue weighted by Crippen LogP contribution is -2.44. The highest BCUT2D eigenvalue weighted by Gasteiger charge is 2.23. The van der Waals surface area contributed by atoms with E-state index in [0.717, 1.165) is 47.2 Å². The molecule has 0 atom stereocenters. The van der Waals surface area contributed by atoms with E-state index in [1.165, 1.54) is 11.3 Å². The Morgan fingerprint density at radius 1 is 1.29 bits per heavy atom. The Bertz CT molecular complexity index is 723. The average Bonchev–Trinajstić information content (AvgIpc) is 3.01. The van der Waals surface area contributed by atoms with Gasteiger partial charge in [-0.3, -0.25) is 4.79 Å². The second-order valence-electron chi connectivity index (χ2n) is 6.00. The minimum absolute atomic E-state index is 0.0334. The summed E-state index contributed by atoms with van der Waals surface area (Å²) in [5.74, 6) is 0.920. The Balaban J connectivity index is 1.58. The Morgan fingerprint density at radius 3 is 2.67 bits per heavy atom. The molecule has 0 radical (unpaired) electrons. The zero-order valence-corrected chi connectivity index (χ0v) is 15.0. The molecule has 128 valence electrons. The Morgan fingerprint density at radius 2 is 2.04 bits per heavy atom. The maximum atomic E-state index is 12.3. The smallest absolute Gasteiger partial charge is 0.318 e. The normalized spacial score (nSPS) is 15.4. The van der Waals surface area contributed by atoms with Crippen LogP contribution in [-0.2, 0) is 0 Å². The van der Waals surface area contributed by atoms with E-state index in [1.54, 1.807) is 7.11 Å². The van der Waals surface area contributed by atoms with Crippen LogP contribution in [0.15, 0.2) is 18.2 Å². The first-order chi connectivity index (χ1) is 11.5. The fourth-order valence-electron chi connectivity index (χ4n) is 2.84. The number of hydrogen-bond donors (Lipinski definition) is 1. The molecule has 0 aliphatic carbocycles. The molecule has 1 aliphatic rings. The van der Waals surface area contributed by atoms with Crippen LogP contribution in [0, 0.1) is 13.8 Å². The molecule has 1 fully saturated rings. The van der Waals surface area contributed by atoms with Crippen molar-refractivity contribution in [1.29, 1.82) is 0 Å². The Kier molecular flexibility index (Phi) is 4.99. The van der Waals surface area contributed by atoms with E-state index in [-0.39, 0.29) is 11.9 Å². The molecular formula is C17H22N4O2S. The van der Waals surface area contributed by atoms with Gasteiger partial charge in [0, 0.05) is 35.8 Å². The fourth-order valence-corrected chi connectivity index (χ4v) is 3.62. The molecule has 2 aromatic rings. The molecule has 24 heavy (non-hydrogen) atoms. The van der Waals surface area contributed by atoms with Crippen LogP contribution in [0.2, 0.25) is 0 Å². The van der Waals surface area contributed by atoms with E-state index in [4.69, 9.17) is 4.74 Å². The molecule has 0 spiro atoms. The van der Waals surface area contributed by atoms with Crippen molar-refractivity contribution in [1.82, 2.24) is 15.3 Å². The number of rotatable bonds is 4. The van der Waals surface area contributed by atoms with E-state index in [0.29, 0.717) is 6.01 Å². The van der Waals surface area contributed by atoms with E-state index in [2.05, 4.69) is 20.2 Å². The summed E-state index contributed by atoms with van der Waals surface area (Å²) in [7, 11) is 1.58. The molecule has 2 aromatic heterocycles. The highest BCUT2D eigenvalue weighted by Crippen LogP contribution is 2.21. The second-order valence-corrected chi connectivity index (χ2v) is 7.29. The summed E-state index contributed by atoms with van der Waals surface area (Å²) >= 11 is 1.53. The van der Waals surface area contributed by atoms with Crippen molar-refractivity contribution < 1.29 is 9.53 Å². The van der Waals surface area contributed by atoms with Crippen LogP contribution in [0.5, 0.6) is 6.01 Å². The number of nitrogens with one attached hydrogen (secondary N) is 1. The predicted molar refractivity (Wildman–Crippen MR) is 95.1 cm³/mol. The molecule has 0 aromatic carbocycles. The summed E-state index contributed by atoms with van der Waals surface area (Å²) in [6.45, 7) is 5.66. The second kappa shape index (κ2) is 7.17. The molecule has 3 heterocycles. The van der Waals surface area contributed by atoms with E-state index in [1.807, 2.05) is 32.0 Å². The number of amides is 1. The first kappa shape index (κ1) is 16.7. The van der Waals surface area contributed by atoms with Crippen LogP contribution in [0.3, 0.4) is 0 Å². The number of carbonyl (C=O) groups excluding carboxylic acids is 1. The quantitative estimate of drug-likeness (QED) is 0.921. The first-order valence-electron chi connectivity index (χ1n) is 8.07. The summed E-state index contributed by atoms with van der Waals surface area (Å²) in [5, 5.41) is 3.14. The Hall–Kier alpha value is -2.15. The largest absolute Gasteiger partial charge is 0.467 e. The van der Waals surface area contributed by atoms with Gasteiger partial charge in [0.15, 0.2) is 0 Å². The van der Waals surface area contributed by atoms with Gasteiger partial charge < -0.3 is 15.0 Å². The number of thiophene rings is 1. The third kappa shape index (κ3) is 3.84. The summed E-state index contributed by atoms with van der Waals surface area (Å²) in [4.78, 5) is 25.1. The number of methoxy groups -OCH3 is 1. The molecule has 1 saturated heterocycles. The summed E-state index contributed by atoms with van der Waals surface area (Å²) in [6.07, 6.45) is 1.81. The highest BCUT2D eigenvalue weighted by atomic mass is 32.1. The zero-order chi connectivity index (χ0) is 17.1. The number of carbonyl (C=O) groups is 1. The number of anilines is 1. The molecule has 3 rings (SSSR count). The van der Waals surface area contributed by atoms with Gasteiger partial charge >= 0.3 is 6.01 Å². The van der Waals surface area contributed by atoms with Gasteiger partial charge in [-0.2, -0.15) is 4.98 Å². The number of hydrogen-bond acceptors (Lipinski definition) is 6. The molecule has 1 amide bonds. The van der Waals surface area contributed by atoms with Crippen molar-refractivity contribution in [2.75, 3.05) is 25.1 Å². The van der Waals surface area contributed by atoms with Crippen molar-refractivity contribution in [2.24, 2.45) is 0 Å². The monoisotopic (exact) mass is 346 g/mol. The van der Waals surface area contributed by atoms with Gasteiger partial charge in [-0.25, -0.2) is 4.98 Å². The third-order valence-electron chi connectivity index (χ3n) is 4.12. The van der Waals surface area contributed by atoms with Gasteiger partial charge in [-0.05, 0) is 38.8 Å². The van der Waals surface area contributed by atoms with Crippen LogP contribution in [0.25, 0.3) is 0 Å². The summed E-state index contributed by atoms with van der Waals surface area (Å²) in [6, 6.07) is 6.44. The topological polar surface area (TPSA) is 67.3 Å². The molecule has 0 bridgehead atoms. The van der Waals surface area contributed by atoms with E-state index in [9.17, 15) is 4.79 Å². The van der Waals surface area contributed by atoms with Gasteiger partial charge in [0.1, 0.15) is 5.82 Å². The third-order valence-corrected chi connectivity index (χ3v) is 5.12. The maximum absolute atomic E-state index is 12.3. The van der Waals surface area contributed by atoms with Gasteiger partial charge in [0.25, 0.3) is 5.91 Å². The number of aromatic nitrogens is 2. The molecular weight excluding hydrogens is 324 g/mol. The highest BCUT2D eigenvalue weighted by molar-refractivity contribution is 7.13. The molecule has 0 unspecified atom stereocenters. The fraction of sp³-hybridized carbons (Fsp3) is 0.471. The minimum Gasteiger partial charge on any atom is -0.467 e. The molecule has 1 aliphatic heterocycles. The average molecular weight is 346 g/mol. The van der Waals surface area contributed by atoms with Crippen molar-refractivity contribution in [3.05, 3.63) is 33.6 Å². The standard InChI is InChI=1S/C17H22N4O2S/c1-11-10-15(20-17(18-11)23-3)21-8-6-13(7-9-21)19-16(22)14-5-4-12(2)24-14/h4-5,10,13H,6-9H2,1-3H3,(H,19,22). The lowest BCUT2D eigenvalue weighted by atomic mass is 10.0. The van der Waals surface area contributed by atoms with Crippen molar-refractivity contribution in [3.8, 4) is 6.01 Å². The molecule has 6 nitrogen and oxygen atoms in total. The summed E-state index contributed by atoms with van der Waals surface area (Å²) < 4.78 is 5.15. The van der Waals surface area contributed by atoms with Crippen LogP contribution in [0.4, 0.5) is 5.82 Å². The molecule has 1 N–H and O–H groups in total. The van der Waals surface area contributed by atoms with Gasteiger partial charge in [-0.1, -0.05) is 0 Å². The van der Waals surface area contributed by atoms with Gasteiger partial charge in [-0.15, -0.1) is 11.3 Å². The van der Waals surface area contributed by atoms with Crippen molar-refractivity contribution in [2.45, 2.75) is 32.7 Å². The van der Waals surface area contributed by atoms with Crippen LogP contribution < -0.4 is 15.0 Å². The molecule has 7 heteroatoms. The first-order valence-corrected chi connectivity index (χ1v) is 8.88. The van der Waals surface area contributed by atoms with Gasteiger partial charge in [0.2, 0.25) is 0 Å². The SMILES string of the molecule is COc1nc(C)cc(N2CCC(NC(=O)c3ccc(C)s3)CC2)n1. The maximum Gasteiger partial charge on any atom is 0.318 e.